The standard InChI is InChI=1S/C34H30N2O5/c1-24-18-20-27(21-19-24)31(37)29(30(34(40)41-2)35-28-16-10-5-11-17-28)32(38)33(39)36(22-25-12-6-3-7-13-25)23-26-14-8-4-9-15-26/h3-21,37H,22-23H2,1-2H3/b31-29-,35-30?. The zero-order chi connectivity index (χ0) is 29.2. The maximum absolute atomic E-state index is 14.1. The molecule has 4 aromatic rings. The second kappa shape index (κ2) is 13.7. The Balaban J connectivity index is 1.85. The van der Waals surface area contributed by atoms with Gasteiger partial charge in [-0.05, 0) is 30.2 Å². The summed E-state index contributed by atoms with van der Waals surface area (Å²) >= 11 is 0. The van der Waals surface area contributed by atoms with Gasteiger partial charge in [0, 0.05) is 18.7 Å². The smallest absolute Gasteiger partial charge is 0.357 e. The summed E-state index contributed by atoms with van der Waals surface area (Å²) in [5.41, 5.74) is 2.11. The van der Waals surface area contributed by atoms with Crippen molar-refractivity contribution >= 4 is 34.8 Å². The molecule has 7 heteroatoms. The number of aryl methyl sites for hydroxylation is 1. The van der Waals surface area contributed by atoms with Crippen LogP contribution in [-0.2, 0) is 32.2 Å². The zero-order valence-corrected chi connectivity index (χ0v) is 22.9. The molecule has 0 saturated heterocycles. The molecular weight excluding hydrogens is 516 g/mol. The van der Waals surface area contributed by atoms with Crippen LogP contribution >= 0.6 is 0 Å². The lowest BCUT2D eigenvalue weighted by Gasteiger charge is -2.23. The number of nitrogens with zero attached hydrogens (tertiary/aromatic N) is 2. The van der Waals surface area contributed by atoms with Gasteiger partial charge in [-0.2, -0.15) is 0 Å². The van der Waals surface area contributed by atoms with Crippen LogP contribution in [0.4, 0.5) is 5.69 Å². The second-order valence-electron chi connectivity index (χ2n) is 9.34. The van der Waals surface area contributed by atoms with Gasteiger partial charge >= 0.3 is 5.97 Å². The third-order valence-electron chi connectivity index (χ3n) is 6.32. The number of hydrogen-bond donors (Lipinski definition) is 1. The van der Waals surface area contributed by atoms with E-state index in [1.807, 2.05) is 67.6 Å². The van der Waals surface area contributed by atoms with Crippen LogP contribution in [0.1, 0.15) is 22.3 Å². The number of aliphatic hydroxyl groups excluding tert-OH is 1. The van der Waals surface area contributed by atoms with Crippen molar-refractivity contribution in [2.24, 2.45) is 4.99 Å². The number of esters is 1. The number of rotatable bonds is 10. The molecule has 206 valence electrons. The highest BCUT2D eigenvalue weighted by Crippen LogP contribution is 2.24. The van der Waals surface area contributed by atoms with Gasteiger partial charge in [-0.25, -0.2) is 9.79 Å². The molecule has 0 heterocycles. The topological polar surface area (TPSA) is 96.3 Å². The predicted molar refractivity (Wildman–Crippen MR) is 158 cm³/mol. The summed E-state index contributed by atoms with van der Waals surface area (Å²) in [6, 6.07) is 33.7. The minimum atomic E-state index is -1.09. The number of carbonyl (C=O) groups is 3. The fourth-order valence-electron chi connectivity index (χ4n) is 4.17. The summed E-state index contributed by atoms with van der Waals surface area (Å²) < 4.78 is 4.96. The summed E-state index contributed by atoms with van der Waals surface area (Å²) in [7, 11) is 1.15. The molecule has 1 amide bonds. The Labute approximate surface area is 239 Å². The van der Waals surface area contributed by atoms with Gasteiger partial charge in [-0.1, -0.05) is 109 Å². The van der Waals surface area contributed by atoms with Crippen LogP contribution in [-0.4, -0.2) is 40.5 Å². The van der Waals surface area contributed by atoms with Crippen molar-refractivity contribution in [3.05, 3.63) is 143 Å². The summed E-state index contributed by atoms with van der Waals surface area (Å²) in [5.74, 6) is -3.52. The van der Waals surface area contributed by atoms with Crippen molar-refractivity contribution in [2.75, 3.05) is 7.11 Å². The molecule has 0 aliphatic carbocycles. The van der Waals surface area contributed by atoms with Gasteiger partial charge in [0.05, 0.1) is 12.8 Å². The number of amides is 1. The Kier molecular flexibility index (Phi) is 9.57. The second-order valence-corrected chi connectivity index (χ2v) is 9.34. The van der Waals surface area contributed by atoms with Gasteiger partial charge in [-0.15, -0.1) is 0 Å². The van der Waals surface area contributed by atoms with Crippen molar-refractivity contribution in [1.29, 1.82) is 0 Å². The fraction of sp³-hybridized carbons (Fsp3) is 0.118. The van der Waals surface area contributed by atoms with Gasteiger partial charge in [0.15, 0.2) is 5.71 Å². The highest BCUT2D eigenvalue weighted by atomic mass is 16.5. The molecule has 0 atom stereocenters. The Morgan fingerprint density at radius 3 is 1.71 bits per heavy atom. The number of hydrogen-bond acceptors (Lipinski definition) is 6. The third-order valence-corrected chi connectivity index (χ3v) is 6.32. The van der Waals surface area contributed by atoms with E-state index in [0.717, 1.165) is 23.8 Å². The normalized spacial score (nSPS) is 11.8. The predicted octanol–water partition coefficient (Wildman–Crippen LogP) is 6.01. The Bertz CT molecular complexity index is 1520. The van der Waals surface area contributed by atoms with E-state index in [1.165, 1.54) is 4.90 Å². The Hall–Kier alpha value is -5.30. The van der Waals surface area contributed by atoms with E-state index in [9.17, 15) is 19.5 Å². The molecule has 41 heavy (non-hydrogen) atoms. The molecule has 4 rings (SSSR count). The SMILES string of the molecule is COC(=O)C(=Nc1ccccc1)/C(C(=O)C(=O)N(Cc1ccccc1)Cc1ccccc1)=C(/O)c1ccc(C)cc1. The summed E-state index contributed by atoms with van der Waals surface area (Å²) in [5, 5.41) is 11.4. The highest BCUT2D eigenvalue weighted by molar-refractivity contribution is 6.60. The molecule has 0 saturated carbocycles. The molecule has 0 radical (unpaired) electrons. The number of benzene rings is 4. The first kappa shape index (κ1) is 28.7. The number of Topliss-reactive ketones (excluding diaryl/α,β-unsaturated/α-hetero) is 1. The number of aliphatic hydroxyl groups is 1. The van der Waals surface area contributed by atoms with Gasteiger partial charge in [0.1, 0.15) is 11.3 Å². The molecular formula is C34H30N2O5. The van der Waals surface area contributed by atoms with Crippen LogP contribution in [0.15, 0.2) is 126 Å². The fourth-order valence-corrected chi connectivity index (χ4v) is 4.17. The Morgan fingerprint density at radius 1 is 0.732 bits per heavy atom. The maximum atomic E-state index is 14.1. The average molecular weight is 547 g/mol. The van der Waals surface area contributed by atoms with Gasteiger partial charge in [0.2, 0.25) is 0 Å². The molecule has 7 nitrogen and oxygen atoms in total. The quantitative estimate of drug-likeness (QED) is 0.0864. The minimum absolute atomic E-state index is 0.127. The largest absolute Gasteiger partial charge is 0.506 e. The molecule has 0 spiro atoms. The minimum Gasteiger partial charge on any atom is -0.506 e. The van der Waals surface area contributed by atoms with Crippen LogP contribution < -0.4 is 0 Å². The summed E-state index contributed by atoms with van der Waals surface area (Å²) in [6.45, 7) is 2.13. The molecule has 0 fully saturated rings. The van der Waals surface area contributed by atoms with Crippen LogP contribution in [0.5, 0.6) is 0 Å². The van der Waals surface area contributed by atoms with E-state index in [0.29, 0.717) is 5.69 Å². The van der Waals surface area contributed by atoms with Crippen molar-refractivity contribution in [3.63, 3.8) is 0 Å². The first-order chi connectivity index (χ1) is 19.9. The van der Waals surface area contributed by atoms with E-state index in [-0.39, 0.29) is 18.7 Å². The lowest BCUT2D eigenvalue weighted by molar-refractivity contribution is -0.143. The lowest BCUT2D eigenvalue weighted by Crippen LogP contribution is -2.39. The molecule has 1 N–H and O–H groups in total. The van der Waals surface area contributed by atoms with E-state index >= 15 is 0 Å². The van der Waals surface area contributed by atoms with Crippen molar-refractivity contribution in [1.82, 2.24) is 4.90 Å². The number of methoxy groups -OCH3 is 1. The van der Waals surface area contributed by atoms with Crippen LogP contribution in [0.2, 0.25) is 0 Å². The zero-order valence-electron chi connectivity index (χ0n) is 22.9. The monoisotopic (exact) mass is 546 g/mol. The van der Waals surface area contributed by atoms with Crippen molar-refractivity contribution in [2.45, 2.75) is 20.0 Å². The first-order valence-corrected chi connectivity index (χ1v) is 13.0. The lowest BCUT2D eigenvalue weighted by atomic mass is 9.98. The number of ether oxygens (including phenoxy) is 1. The number of para-hydroxylation sites is 1. The van der Waals surface area contributed by atoms with E-state index in [4.69, 9.17) is 4.74 Å². The average Bonchev–Trinajstić information content (AvgIpc) is 3.01. The van der Waals surface area contributed by atoms with Gasteiger partial charge in [0.25, 0.3) is 11.7 Å². The molecule has 0 aromatic heterocycles. The molecule has 0 aliphatic rings. The number of aliphatic imine (C=N–C) groups is 1. The van der Waals surface area contributed by atoms with Gasteiger partial charge in [-0.3, -0.25) is 9.59 Å². The maximum Gasteiger partial charge on any atom is 0.357 e. The highest BCUT2D eigenvalue weighted by Gasteiger charge is 2.35. The molecule has 4 aromatic carbocycles. The van der Waals surface area contributed by atoms with Crippen molar-refractivity contribution in [3.8, 4) is 0 Å². The summed E-state index contributed by atoms with van der Waals surface area (Å²) in [4.78, 5) is 46.9. The number of carbonyl (C=O) groups excluding carboxylic acids is 3. The Morgan fingerprint density at radius 2 is 1.22 bits per heavy atom. The third kappa shape index (κ3) is 7.42. The van der Waals surface area contributed by atoms with E-state index in [2.05, 4.69) is 4.99 Å². The summed E-state index contributed by atoms with van der Waals surface area (Å²) in [6.07, 6.45) is 0. The first-order valence-electron chi connectivity index (χ1n) is 13.0. The molecule has 0 bridgehead atoms. The van der Waals surface area contributed by atoms with Gasteiger partial charge < -0.3 is 14.7 Å². The van der Waals surface area contributed by atoms with Crippen molar-refractivity contribution < 1.29 is 24.2 Å². The van der Waals surface area contributed by atoms with Crippen LogP contribution in [0.25, 0.3) is 5.76 Å². The van der Waals surface area contributed by atoms with Crippen LogP contribution in [0, 0.1) is 6.92 Å². The van der Waals surface area contributed by atoms with E-state index in [1.54, 1.807) is 54.6 Å². The number of ketones is 1. The van der Waals surface area contributed by atoms with E-state index < -0.39 is 34.7 Å². The van der Waals surface area contributed by atoms with Crippen LogP contribution in [0.3, 0.4) is 0 Å². The molecule has 0 aliphatic heterocycles. The molecule has 0 unspecified atom stereocenters.